The summed E-state index contributed by atoms with van der Waals surface area (Å²) >= 11 is 0. The average molecular weight is 372 g/mol. The molecular weight excluding hydrogens is 348 g/mol. The third kappa shape index (κ3) is 5.07. The van der Waals surface area contributed by atoms with Crippen LogP contribution in [-0.4, -0.2) is 62.4 Å². The molecule has 8 nitrogen and oxygen atoms in total. The number of rotatable bonds is 7. The maximum atomic E-state index is 12.3. The Morgan fingerprint density at radius 3 is 2.81 bits per heavy atom. The summed E-state index contributed by atoms with van der Waals surface area (Å²) in [6.07, 6.45) is 0. The number of morpholine rings is 1. The molecule has 1 aliphatic rings. The maximum Gasteiger partial charge on any atom is 0.255 e. The monoisotopic (exact) mass is 372 g/mol. The second-order valence-electron chi connectivity index (χ2n) is 6.02. The summed E-state index contributed by atoms with van der Waals surface area (Å²) in [6.45, 7) is 5.46. The summed E-state index contributed by atoms with van der Waals surface area (Å²) in [5, 5.41) is 2.82. The number of benzene rings is 1. The summed E-state index contributed by atoms with van der Waals surface area (Å²) in [5.41, 5.74) is 0.493. The molecule has 1 saturated heterocycles. The highest BCUT2D eigenvalue weighted by molar-refractivity contribution is 5.96. The molecule has 1 fully saturated rings. The van der Waals surface area contributed by atoms with Crippen molar-refractivity contribution in [2.24, 2.45) is 0 Å². The van der Waals surface area contributed by atoms with E-state index in [1.165, 1.54) is 0 Å². The fraction of sp³-hybridized carbons (Fsp3) is 0.421. The lowest BCUT2D eigenvalue weighted by Gasteiger charge is -2.28. The molecule has 0 radical (unpaired) electrons. The smallest absolute Gasteiger partial charge is 0.255 e. The van der Waals surface area contributed by atoms with Crippen LogP contribution in [0.2, 0.25) is 0 Å². The highest BCUT2D eigenvalue weighted by Crippen LogP contribution is 2.19. The Balaban J connectivity index is 1.53. The Morgan fingerprint density at radius 2 is 2.04 bits per heavy atom. The number of amides is 1. The Bertz CT molecular complexity index is 778. The van der Waals surface area contributed by atoms with E-state index in [1.807, 2.05) is 19.1 Å². The van der Waals surface area contributed by atoms with Crippen LogP contribution in [0, 0.1) is 6.92 Å². The number of aromatic nitrogens is 2. The van der Waals surface area contributed by atoms with Crippen molar-refractivity contribution in [3.8, 4) is 11.6 Å². The number of ether oxygens (including phenoxy) is 3. The van der Waals surface area contributed by atoms with E-state index in [-0.39, 0.29) is 5.91 Å². The van der Waals surface area contributed by atoms with Gasteiger partial charge < -0.3 is 24.4 Å². The highest BCUT2D eigenvalue weighted by atomic mass is 16.5. The Hall–Kier alpha value is -2.87. The van der Waals surface area contributed by atoms with Gasteiger partial charge in [-0.15, -0.1) is 0 Å². The molecule has 0 unspecified atom stereocenters. The molecular formula is C19H24N4O4. The number of carbonyl (C=O) groups is 1. The summed E-state index contributed by atoms with van der Waals surface area (Å²) in [7, 11) is 1.54. The van der Waals surface area contributed by atoms with E-state index >= 15 is 0 Å². The van der Waals surface area contributed by atoms with Crippen molar-refractivity contribution in [3.63, 3.8) is 0 Å². The van der Waals surface area contributed by atoms with Gasteiger partial charge in [0, 0.05) is 19.2 Å². The normalized spacial score (nSPS) is 13.9. The number of aryl methyl sites for hydroxylation is 1. The molecule has 3 rings (SSSR count). The van der Waals surface area contributed by atoms with E-state index in [2.05, 4.69) is 20.2 Å². The van der Waals surface area contributed by atoms with Gasteiger partial charge in [0.15, 0.2) is 0 Å². The number of methoxy groups -OCH3 is 1. The summed E-state index contributed by atoms with van der Waals surface area (Å²) in [5.74, 6) is 2.31. The van der Waals surface area contributed by atoms with E-state index < -0.39 is 0 Å². The van der Waals surface area contributed by atoms with Gasteiger partial charge >= 0.3 is 0 Å². The molecule has 0 spiro atoms. The van der Waals surface area contributed by atoms with Crippen LogP contribution in [0.5, 0.6) is 11.6 Å². The van der Waals surface area contributed by atoms with Gasteiger partial charge in [0.1, 0.15) is 24.0 Å². The topological polar surface area (TPSA) is 85.8 Å². The summed E-state index contributed by atoms with van der Waals surface area (Å²) in [6, 6.07) is 8.91. The molecule has 144 valence electrons. The van der Waals surface area contributed by atoms with Crippen molar-refractivity contribution in [3.05, 3.63) is 41.7 Å². The van der Waals surface area contributed by atoms with Gasteiger partial charge in [0.25, 0.3) is 5.91 Å². The van der Waals surface area contributed by atoms with E-state index in [1.54, 1.807) is 25.3 Å². The first-order chi connectivity index (χ1) is 13.2. The standard InChI is InChI=1S/C19H24N4O4/c1-14-21-17(23-8-11-26-12-9-23)13-18(22-14)27-10-7-20-19(24)15-5-3-4-6-16(15)25-2/h3-6,13H,7-12H2,1-2H3,(H,20,24). The molecule has 0 bridgehead atoms. The van der Waals surface area contributed by atoms with Gasteiger partial charge in [-0.2, -0.15) is 4.98 Å². The molecule has 0 saturated carbocycles. The highest BCUT2D eigenvalue weighted by Gasteiger charge is 2.15. The molecule has 0 atom stereocenters. The molecule has 1 amide bonds. The van der Waals surface area contributed by atoms with Crippen LogP contribution in [0.1, 0.15) is 16.2 Å². The first kappa shape index (κ1) is 18.9. The summed E-state index contributed by atoms with van der Waals surface area (Å²) in [4.78, 5) is 23.2. The number of carbonyl (C=O) groups excluding carboxylic acids is 1. The Kier molecular flexibility index (Phi) is 6.43. The van der Waals surface area contributed by atoms with Crippen molar-refractivity contribution >= 4 is 11.7 Å². The first-order valence-electron chi connectivity index (χ1n) is 8.90. The SMILES string of the molecule is COc1ccccc1C(=O)NCCOc1cc(N2CCOCC2)nc(C)n1. The molecule has 1 N–H and O–H groups in total. The predicted octanol–water partition coefficient (Wildman–Crippen LogP) is 1.44. The lowest BCUT2D eigenvalue weighted by molar-refractivity contribution is 0.0943. The van der Waals surface area contributed by atoms with Gasteiger partial charge in [0.2, 0.25) is 5.88 Å². The first-order valence-corrected chi connectivity index (χ1v) is 8.90. The van der Waals surface area contributed by atoms with Crippen LogP contribution in [-0.2, 0) is 4.74 Å². The number of nitrogens with zero attached hydrogens (tertiary/aromatic N) is 3. The van der Waals surface area contributed by atoms with Crippen molar-refractivity contribution in [1.29, 1.82) is 0 Å². The molecule has 1 aromatic heterocycles. The number of anilines is 1. The van der Waals surface area contributed by atoms with Gasteiger partial charge in [-0.1, -0.05) is 12.1 Å². The molecule has 27 heavy (non-hydrogen) atoms. The Morgan fingerprint density at radius 1 is 1.26 bits per heavy atom. The van der Waals surface area contributed by atoms with Gasteiger partial charge in [-0.25, -0.2) is 4.98 Å². The van der Waals surface area contributed by atoms with Crippen molar-refractivity contribution < 1.29 is 19.0 Å². The van der Waals surface area contributed by atoms with Crippen LogP contribution in [0.3, 0.4) is 0 Å². The third-order valence-corrected chi connectivity index (χ3v) is 4.13. The predicted molar refractivity (Wildman–Crippen MR) is 101 cm³/mol. The number of hydrogen-bond donors (Lipinski definition) is 1. The van der Waals surface area contributed by atoms with Crippen LogP contribution < -0.4 is 19.7 Å². The second kappa shape index (κ2) is 9.18. The Labute approximate surface area is 158 Å². The van der Waals surface area contributed by atoms with Crippen LogP contribution in [0.25, 0.3) is 0 Å². The zero-order valence-electron chi connectivity index (χ0n) is 15.6. The fourth-order valence-electron chi connectivity index (χ4n) is 2.80. The largest absolute Gasteiger partial charge is 0.496 e. The number of nitrogens with one attached hydrogen (secondary N) is 1. The second-order valence-corrected chi connectivity index (χ2v) is 6.02. The zero-order chi connectivity index (χ0) is 19.1. The molecule has 1 aliphatic heterocycles. The molecule has 2 aromatic rings. The molecule has 1 aromatic carbocycles. The summed E-state index contributed by atoms with van der Waals surface area (Å²) < 4.78 is 16.3. The average Bonchev–Trinajstić information content (AvgIpc) is 2.71. The quantitative estimate of drug-likeness (QED) is 0.736. The molecule has 8 heteroatoms. The lowest BCUT2D eigenvalue weighted by atomic mass is 10.2. The fourth-order valence-corrected chi connectivity index (χ4v) is 2.80. The van der Waals surface area contributed by atoms with Crippen LogP contribution in [0.4, 0.5) is 5.82 Å². The van der Waals surface area contributed by atoms with Crippen molar-refractivity contribution in [1.82, 2.24) is 15.3 Å². The van der Waals surface area contributed by atoms with Crippen LogP contribution >= 0.6 is 0 Å². The van der Waals surface area contributed by atoms with Gasteiger partial charge in [-0.3, -0.25) is 4.79 Å². The van der Waals surface area contributed by atoms with Crippen LogP contribution in [0.15, 0.2) is 30.3 Å². The van der Waals surface area contributed by atoms with E-state index in [4.69, 9.17) is 14.2 Å². The third-order valence-electron chi connectivity index (χ3n) is 4.13. The molecule has 2 heterocycles. The number of hydrogen-bond acceptors (Lipinski definition) is 7. The van der Waals surface area contributed by atoms with Gasteiger partial charge in [-0.05, 0) is 19.1 Å². The van der Waals surface area contributed by atoms with Crippen molar-refractivity contribution in [2.75, 3.05) is 51.5 Å². The maximum absolute atomic E-state index is 12.3. The minimum atomic E-state index is -0.205. The van der Waals surface area contributed by atoms with Crippen molar-refractivity contribution in [2.45, 2.75) is 6.92 Å². The number of para-hydroxylation sites is 1. The van der Waals surface area contributed by atoms with E-state index in [0.29, 0.717) is 49.4 Å². The van der Waals surface area contributed by atoms with E-state index in [9.17, 15) is 4.79 Å². The zero-order valence-corrected chi connectivity index (χ0v) is 15.6. The van der Waals surface area contributed by atoms with E-state index in [0.717, 1.165) is 18.9 Å². The molecule has 0 aliphatic carbocycles. The minimum Gasteiger partial charge on any atom is -0.496 e. The minimum absolute atomic E-state index is 0.205. The van der Waals surface area contributed by atoms with Gasteiger partial charge in [0.05, 0.1) is 32.4 Å². The lowest BCUT2D eigenvalue weighted by Crippen LogP contribution is -2.37.